The standard InChI is InChI=1S/C20H14F2N4O2/c21-12-4-5-15(22)17(9-12)26-10-11(8-18(26)27)19-24-20(28-25-19)14-2-1-3-16-13(14)6-7-23-16/h1-7,9,11,23H,8,10H2. The SMILES string of the molecule is O=C1CC(c2noc(-c3cccc4[nH]ccc34)n2)CN1c1cc(F)ccc1F. The van der Waals surface area contributed by atoms with Crippen LogP contribution in [-0.2, 0) is 4.79 Å². The molecular formula is C20H14F2N4O2. The zero-order valence-corrected chi connectivity index (χ0v) is 14.5. The summed E-state index contributed by atoms with van der Waals surface area (Å²) in [5, 5.41) is 4.97. The Bertz CT molecular complexity index is 1200. The zero-order chi connectivity index (χ0) is 19.3. The Kier molecular flexibility index (Phi) is 3.71. The van der Waals surface area contributed by atoms with Gasteiger partial charge >= 0.3 is 0 Å². The lowest BCUT2D eigenvalue weighted by Crippen LogP contribution is -2.25. The van der Waals surface area contributed by atoms with Crippen molar-refractivity contribution >= 4 is 22.5 Å². The van der Waals surface area contributed by atoms with Gasteiger partial charge in [0, 0.05) is 47.6 Å². The molecule has 1 fully saturated rings. The minimum absolute atomic E-state index is 0.0756. The molecule has 1 N–H and O–H groups in total. The number of carbonyl (C=O) groups excluding carboxylic acids is 1. The second-order valence-electron chi connectivity index (χ2n) is 6.70. The Balaban J connectivity index is 1.45. The van der Waals surface area contributed by atoms with Crippen molar-refractivity contribution in [1.82, 2.24) is 15.1 Å². The largest absolute Gasteiger partial charge is 0.361 e. The van der Waals surface area contributed by atoms with Gasteiger partial charge in [0.2, 0.25) is 5.91 Å². The van der Waals surface area contributed by atoms with Gasteiger partial charge in [-0.1, -0.05) is 11.2 Å². The van der Waals surface area contributed by atoms with Gasteiger partial charge in [0.1, 0.15) is 11.6 Å². The Morgan fingerprint density at radius 1 is 1.18 bits per heavy atom. The smallest absolute Gasteiger partial charge is 0.258 e. The van der Waals surface area contributed by atoms with Crippen molar-refractivity contribution in [2.75, 3.05) is 11.4 Å². The molecule has 0 aliphatic carbocycles. The molecule has 5 rings (SSSR count). The number of anilines is 1. The van der Waals surface area contributed by atoms with E-state index in [0.29, 0.717) is 11.7 Å². The summed E-state index contributed by atoms with van der Waals surface area (Å²) < 4.78 is 33.0. The fourth-order valence-corrected chi connectivity index (χ4v) is 3.59. The number of H-pyrrole nitrogens is 1. The first-order chi connectivity index (χ1) is 13.6. The Hall–Kier alpha value is -3.55. The zero-order valence-electron chi connectivity index (χ0n) is 14.5. The number of nitrogens with one attached hydrogen (secondary N) is 1. The quantitative estimate of drug-likeness (QED) is 0.583. The highest BCUT2D eigenvalue weighted by Crippen LogP contribution is 2.34. The Labute approximate surface area is 157 Å². The highest BCUT2D eigenvalue weighted by atomic mass is 19.1. The van der Waals surface area contributed by atoms with Crippen molar-refractivity contribution in [3.05, 3.63) is 66.1 Å². The van der Waals surface area contributed by atoms with E-state index in [2.05, 4.69) is 15.1 Å². The van der Waals surface area contributed by atoms with Crippen LogP contribution in [0.3, 0.4) is 0 Å². The predicted molar refractivity (Wildman–Crippen MR) is 97.7 cm³/mol. The van der Waals surface area contributed by atoms with Crippen LogP contribution < -0.4 is 4.90 Å². The number of aromatic amines is 1. The summed E-state index contributed by atoms with van der Waals surface area (Å²) in [7, 11) is 0. The van der Waals surface area contributed by atoms with Gasteiger partial charge < -0.3 is 14.4 Å². The van der Waals surface area contributed by atoms with Crippen LogP contribution in [0.2, 0.25) is 0 Å². The molecule has 1 unspecified atom stereocenters. The average Bonchev–Trinajstić information content (AvgIpc) is 3.42. The third-order valence-corrected chi connectivity index (χ3v) is 4.96. The summed E-state index contributed by atoms with van der Waals surface area (Å²) in [6.45, 7) is 0.159. The molecule has 1 saturated heterocycles. The van der Waals surface area contributed by atoms with E-state index in [4.69, 9.17) is 4.52 Å². The van der Waals surface area contributed by atoms with Crippen LogP contribution in [0.5, 0.6) is 0 Å². The van der Waals surface area contributed by atoms with Crippen molar-refractivity contribution in [3.63, 3.8) is 0 Å². The summed E-state index contributed by atoms with van der Waals surface area (Å²) in [5.41, 5.74) is 1.66. The third-order valence-electron chi connectivity index (χ3n) is 4.96. The van der Waals surface area contributed by atoms with E-state index >= 15 is 0 Å². The number of hydrogen-bond donors (Lipinski definition) is 1. The fourth-order valence-electron chi connectivity index (χ4n) is 3.59. The van der Waals surface area contributed by atoms with E-state index < -0.39 is 11.6 Å². The van der Waals surface area contributed by atoms with Gasteiger partial charge in [-0.05, 0) is 30.3 Å². The molecule has 140 valence electrons. The van der Waals surface area contributed by atoms with E-state index in [1.807, 2.05) is 30.5 Å². The number of rotatable bonds is 3. The average molecular weight is 380 g/mol. The Morgan fingerprint density at radius 2 is 2.07 bits per heavy atom. The highest BCUT2D eigenvalue weighted by molar-refractivity contribution is 5.96. The molecule has 28 heavy (non-hydrogen) atoms. The first kappa shape index (κ1) is 16.6. The summed E-state index contributed by atoms with van der Waals surface area (Å²) in [6.07, 6.45) is 1.93. The van der Waals surface area contributed by atoms with Gasteiger partial charge in [-0.15, -0.1) is 0 Å². The van der Waals surface area contributed by atoms with Gasteiger partial charge in [0.05, 0.1) is 5.69 Å². The van der Waals surface area contributed by atoms with E-state index in [1.165, 1.54) is 4.90 Å². The molecule has 1 atom stereocenters. The molecule has 1 amide bonds. The number of hydrogen-bond acceptors (Lipinski definition) is 4. The molecule has 1 aliphatic rings. The molecule has 1 aliphatic heterocycles. The van der Waals surface area contributed by atoms with Gasteiger partial charge in [-0.2, -0.15) is 4.98 Å². The molecular weight excluding hydrogens is 366 g/mol. The van der Waals surface area contributed by atoms with Gasteiger partial charge in [0.25, 0.3) is 5.89 Å². The summed E-state index contributed by atoms with van der Waals surface area (Å²) in [5.74, 6) is -1.21. The fraction of sp³-hybridized carbons (Fsp3) is 0.150. The molecule has 4 aromatic rings. The van der Waals surface area contributed by atoms with Gasteiger partial charge in [0.15, 0.2) is 5.82 Å². The normalized spacial score (nSPS) is 17.0. The Morgan fingerprint density at radius 3 is 2.96 bits per heavy atom. The number of benzene rings is 2. The third kappa shape index (κ3) is 2.65. The predicted octanol–water partition coefficient (Wildman–Crippen LogP) is 4.02. The highest BCUT2D eigenvalue weighted by Gasteiger charge is 2.36. The van der Waals surface area contributed by atoms with Gasteiger partial charge in [-0.3, -0.25) is 4.79 Å². The minimum Gasteiger partial charge on any atom is -0.361 e. The van der Waals surface area contributed by atoms with Crippen LogP contribution in [0.1, 0.15) is 18.2 Å². The van der Waals surface area contributed by atoms with Crippen molar-refractivity contribution in [1.29, 1.82) is 0 Å². The summed E-state index contributed by atoms with van der Waals surface area (Å²) in [4.78, 5) is 21.2. The van der Waals surface area contributed by atoms with E-state index in [1.54, 1.807) is 0 Å². The van der Waals surface area contributed by atoms with Crippen LogP contribution in [0.25, 0.3) is 22.4 Å². The van der Waals surface area contributed by atoms with E-state index in [-0.39, 0.29) is 30.5 Å². The lowest BCUT2D eigenvalue weighted by atomic mass is 10.1. The molecule has 2 aromatic carbocycles. The summed E-state index contributed by atoms with van der Waals surface area (Å²) >= 11 is 0. The topological polar surface area (TPSA) is 75.0 Å². The van der Waals surface area contributed by atoms with Crippen LogP contribution >= 0.6 is 0 Å². The number of nitrogens with zero attached hydrogens (tertiary/aromatic N) is 3. The maximum absolute atomic E-state index is 14.1. The van der Waals surface area contributed by atoms with E-state index in [9.17, 15) is 13.6 Å². The summed E-state index contributed by atoms with van der Waals surface area (Å²) in [6, 6.07) is 10.7. The second kappa shape index (κ2) is 6.26. The first-order valence-corrected chi connectivity index (χ1v) is 8.75. The first-order valence-electron chi connectivity index (χ1n) is 8.75. The van der Waals surface area contributed by atoms with Crippen molar-refractivity contribution in [2.45, 2.75) is 12.3 Å². The molecule has 3 heterocycles. The van der Waals surface area contributed by atoms with Crippen LogP contribution in [0.15, 0.2) is 53.2 Å². The lowest BCUT2D eigenvalue weighted by Gasteiger charge is -2.16. The molecule has 2 aromatic heterocycles. The lowest BCUT2D eigenvalue weighted by molar-refractivity contribution is -0.117. The number of fused-ring (bicyclic) bond motifs is 1. The molecule has 6 nitrogen and oxygen atoms in total. The molecule has 0 radical (unpaired) electrons. The van der Waals surface area contributed by atoms with Crippen molar-refractivity contribution in [3.8, 4) is 11.5 Å². The monoisotopic (exact) mass is 380 g/mol. The van der Waals surface area contributed by atoms with Crippen molar-refractivity contribution < 1.29 is 18.1 Å². The number of halogens is 2. The molecule has 8 heteroatoms. The minimum atomic E-state index is -0.650. The molecule has 0 spiro atoms. The molecule has 0 bridgehead atoms. The maximum Gasteiger partial charge on any atom is 0.258 e. The van der Waals surface area contributed by atoms with Crippen molar-refractivity contribution in [2.24, 2.45) is 0 Å². The van der Waals surface area contributed by atoms with E-state index in [0.717, 1.165) is 34.7 Å². The second-order valence-corrected chi connectivity index (χ2v) is 6.70. The number of aromatic nitrogens is 3. The van der Waals surface area contributed by atoms with Crippen LogP contribution in [0.4, 0.5) is 14.5 Å². The maximum atomic E-state index is 14.1. The number of amides is 1. The van der Waals surface area contributed by atoms with Crippen LogP contribution in [-0.4, -0.2) is 27.6 Å². The van der Waals surface area contributed by atoms with Gasteiger partial charge in [-0.25, -0.2) is 8.78 Å². The number of carbonyl (C=O) groups is 1. The molecule has 0 saturated carbocycles. The van der Waals surface area contributed by atoms with Crippen LogP contribution in [0, 0.1) is 11.6 Å².